The largest absolute Gasteiger partial charge is 0.466 e. The molecule has 0 aromatic heterocycles. The number of primary amides is 1. The van der Waals surface area contributed by atoms with E-state index in [9.17, 15) is 0 Å². The molecule has 1 amide bonds. The molecule has 0 spiro atoms. The lowest BCUT2D eigenvalue weighted by Gasteiger charge is -2.02. The van der Waals surface area contributed by atoms with E-state index in [0.29, 0.717) is 0 Å². The first kappa shape index (κ1) is 25.2. The molecule has 128 valence electrons. The van der Waals surface area contributed by atoms with E-state index >= 15 is 0 Å². The summed E-state index contributed by atoms with van der Waals surface area (Å²) in [6.45, 7) is -0.0445. The number of thiocarbonyl (C=S) groups is 1. The number of carbonyl (C=O) groups excluding carboxylic acids is 1. The second kappa shape index (κ2) is 21.5. The molecule has 13 heteroatoms. The zero-order valence-corrected chi connectivity index (χ0v) is 12.8. The Morgan fingerprint density at radius 1 is 1.19 bits per heavy atom. The van der Waals surface area contributed by atoms with Gasteiger partial charge in [0.1, 0.15) is 6.61 Å². The number of thiol groups is 1. The first-order chi connectivity index (χ1) is 9.77. The topological polar surface area (TPSA) is 190 Å². The van der Waals surface area contributed by atoms with Crippen LogP contribution >= 0.6 is 24.8 Å². The Morgan fingerprint density at radius 2 is 1.57 bits per heavy atom. The van der Waals surface area contributed by atoms with Crippen LogP contribution in [0, 0.1) is 0 Å². The monoisotopic (exact) mass is 351 g/mol. The predicted octanol–water partition coefficient (Wildman–Crippen LogP) is -3.02. The van der Waals surface area contributed by atoms with Crippen LogP contribution in [0.2, 0.25) is 0 Å². The second-order valence-corrected chi connectivity index (χ2v) is 3.52. The Kier molecular flexibility index (Phi) is 25.8. The molecule has 0 aromatic carbocycles. The molecular formula is C8H21N3O8S2. The summed E-state index contributed by atoms with van der Waals surface area (Å²) < 4.78 is 4.31. The lowest BCUT2D eigenvalue weighted by atomic mass is 10.7. The maximum atomic E-state index is 9.09. The number of hydrogen-bond acceptors (Lipinski definition) is 10. The van der Waals surface area contributed by atoms with Crippen molar-refractivity contribution in [2.45, 2.75) is 6.29 Å². The molecule has 0 aliphatic rings. The van der Waals surface area contributed by atoms with E-state index in [2.05, 4.69) is 50.6 Å². The molecule has 0 saturated carbocycles. The van der Waals surface area contributed by atoms with Crippen LogP contribution in [-0.4, -0.2) is 70.2 Å². The molecule has 0 fully saturated rings. The minimum atomic E-state index is -1.50. The fourth-order valence-electron chi connectivity index (χ4n) is 0.373. The standard InChI is InChI=1S/C4H11NO4.C3H7NO3S.CH3NOS/c6-1-3-8-5-9-4-2-7;4-3(8)7-1-2(5)6;2-1(3)4/h5-7H,1-4H2;2,5-6H,1H2,(H2,4,8);(H3,2,3,4). The predicted molar refractivity (Wildman–Crippen MR) is 78.7 cm³/mol. The zero-order valence-electron chi connectivity index (χ0n) is 11.0. The number of aliphatic hydroxyl groups is 4. The van der Waals surface area contributed by atoms with Gasteiger partial charge in [0, 0.05) is 0 Å². The van der Waals surface area contributed by atoms with Gasteiger partial charge in [0.15, 0.2) is 6.29 Å². The van der Waals surface area contributed by atoms with Crippen LogP contribution in [0.1, 0.15) is 0 Å². The molecule has 11 nitrogen and oxygen atoms in total. The van der Waals surface area contributed by atoms with E-state index in [1.807, 2.05) is 0 Å². The normalized spacial score (nSPS) is 9.05. The first-order valence-electron chi connectivity index (χ1n) is 5.24. The summed E-state index contributed by atoms with van der Waals surface area (Å²) in [6.07, 6.45) is -1.50. The number of amides is 1. The van der Waals surface area contributed by atoms with Gasteiger partial charge >= 0.3 is 0 Å². The molecule has 0 rings (SSSR count). The summed E-state index contributed by atoms with van der Waals surface area (Å²) in [5.41, 5.74) is 11.2. The minimum Gasteiger partial charge on any atom is -0.466 e. The number of hydrogen-bond donors (Lipinski definition) is 8. The maximum Gasteiger partial charge on any atom is 0.273 e. The van der Waals surface area contributed by atoms with Gasteiger partial charge in [-0.2, -0.15) is 0 Å². The summed E-state index contributed by atoms with van der Waals surface area (Å²) in [5, 5.41) is 31.7. The number of rotatable bonds is 8. The smallest absolute Gasteiger partial charge is 0.273 e. The summed E-state index contributed by atoms with van der Waals surface area (Å²) >= 11 is 7.35. The van der Waals surface area contributed by atoms with Crippen molar-refractivity contribution in [1.29, 1.82) is 0 Å². The summed E-state index contributed by atoms with van der Waals surface area (Å²) in [4.78, 5) is 18.0. The molecule has 21 heavy (non-hydrogen) atoms. The van der Waals surface area contributed by atoms with Crippen LogP contribution < -0.4 is 17.1 Å². The molecule has 0 aromatic rings. The first-order valence-corrected chi connectivity index (χ1v) is 6.10. The van der Waals surface area contributed by atoms with E-state index < -0.39 is 11.5 Å². The van der Waals surface area contributed by atoms with E-state index in [-0.39, 0.29) is 38.2 Å². The number of carbonyl (C=O) groups is 1. The molecule has 0 atom stereocenters. The Balaban J connectivity index is -0.000000249. The molecular weight excluding hydrogens is 330 g/mol. The summed E-state index contributed by atoms with van der Waals surface area (Å²) in [6, 6.07) is 0. The van der Waals surface area contributed by atoms with Gasteiger partial charge in [0.25, 0.3) is 10.4 Å². The molecule has 0 radical (unpaired) electrons. The van der Waals surface area contributed by atoms with Crippen molar-refractivity contribution in [3.8, 4) is 0 Å². The van der Waals surface area contributed by atoms with Gasteiger partial charge in [-0.3, -0.25) is 14.5 Å². The fraction of sp³-hybridized carbons (Fsp3) is 0.750. The van der Waals surface area contributed by atoms with Crippen molar-refractivity contribution < 1.29 is 39.6 Å². The van der Waals surface area contributed by atoms with Gasteiger partial charge < -0.3 is 36.6 Å². The number of aliphatic hydroxyl groups excluding tert-OH is 3. The third-order valence-corrected chi connectivity index (χ3v) is 0.997. The Labute approximate surface area is 132 Å². The van der Waals surface area contributed by atoms with Gasteiger partial charge in [0.05, 0.1) is 26.4 Å². The fourth-order valence-corrected chi connectivity index (χ4v) is 0.441. The third-order valence-electron chi connectivity index (χ3n) is 0.879. The highest BCUT2D eigenvalue weighted by atomic mass is 32.1. The third kappa shape index (κ3) is 54.6. The van der Waals surface area contributed by atoms with Gasteiger partial charge in [-0.1, -0.05) is 18.3 Å². The maximum absolute atomic E-state index is 9.09. The summed E-state index contributed by atoms with van der Waals surface area (Å²) in [5.74, 6) is 0. The van der Waals surface area contributed by atoms with Crippen LogP contribution in [-0.2, 0) is 14.4 Å². The molecule has 0 heterocycles. The lowest BCUT2D eigenvalue weighted by molar-refractivity contribution is -0.178. The second-order valence-electron chi connectivity index (χ2n) is 2.68. The average Bonchev–Trinajstić information content (AvgIpc) is 2.36. The van der Waals surface area contributed by atoms with Crippen LogP contribution in [0.5, 0.6) is 0 Å². The van der Waals surface area contributed by atoms with E-state index in [1.165, 1.54) is 0 Å². The number of nitrogens with one attached hydrogen (secondary N) is 1. The Morgan fingerprint density at radius 3 is 1.76 bits per heavy atom. The van der Waals surface area contributed by atoms with Crippen molar-refractivity contribution in [2.75, 3.05) is 33.0 Å². The Hall–Kier alpha value is -0.770. The highest BCUT2D eigenvalue weighted by Gasteiger charge is 1.96. The number of ether oxygens (including phenoxy) is 1. The van der Waals surface area contributed by atoms with Crippen molar-refractivity contribution in [1.82, 2.24) is 5.64 Å². The molecule has 9 N–H and O–H groups in total. The van der Waals surface area contributed by atoms with Gasteiger partial charge in [0.2, 0.25) is 0 Å². The van der Waals surface area contributed by atoms with Crippen molar-refractivity contribution in [2.24, 2.45) is 11.5 Å². The molecule has 0 aliphatic carbocycles. The van der Waals surface area contributed by atoms with Gasteiger partial charge in [-0.25, -0.2) is 0 Å². The van der Waals surface area contributed by atoms with Crippen LogP contribution in [0.15, 0.2) is 0 Å². The molecule has 0 bridgehead atoms. The van der Waals surface area contributed by atoms with Crippen molar-refractivity contribution >= 4 is 35.3 Å². The zero-order chi connectivity index (χ0) is 17.1. The van der Waals surface area contributed by atoms with E-state index in [1.54, 1.807) is 0 Å². The summed E-state index contributed by atoms with van der Waals surface area (Å²) in [7, 11) is 0. The van der Waals surface area contributed by atoms with Gasteiger partial charge in [-0.05, 0) is 12.2 Å². The molecule has 0 saturated heterocycles. The highest BCUT2D eigenvalue weighted by molar-refractivity contribution is 7.96. The number of nitrogens with two attached hydrogens (primary N) is 2. The van der Waals surface area contributed by atoms with Crippen molar-refractivity contribution in [3.63, 3.8) is 0 Å². The molecule has 0 unspecified atom stereocenters. The minimum absolute atomic E-state index is 0.0600. The average molecular weight is 351 g/mol. The SMILES string of the molecule is NC(=O)S.NC(=S)OCC(O)O.OCCONOCCO. The molecule has 0 aliphatic heterocycles. The van der Waals surface area contributed by atoms with Gasteiger partial charge in [-0.15, -0.1) is 0 Å². The van der Waals surface area contributed by atoms with Crippen LogP contribution in [0.25, 0.3) is 0 Å². The van der Waals surface area contributed by atoms with Crippen LogP contribution in [0.3, 0.4) is 0 Å². The van der Waals surface area contributed by atoms with E-state index in [0.717, 1.165) is 0 Å². The highest BCUT2D eigenvalue weighted by Crippen LogP contribution is 1.77. The lowest BCUT2D eigenvalue weighted by Crippen LogP contribution is -2.21. The Bertz CT molecular complexity index is 238. The van der Waals surface area contributed by atoms with Crippen LogP contribution in [0.4, 0.5) is 4.79 Å². The quantitative estimate of drug-likeness (QED) is 0.0730. The van der Waals surface area contributed by atoms with E-state index in [4.69, 9.17) is 31.0 Å². The van der Waals surface area contributed by atoms with Crippen molar-refractivity contribution in [3.05, 3.63) is 0 Å².